The number of hydrogen-bond acceptors (Lipinski definition) is 6. The van der Waals surface area contributed by atoms with Crippen molar-refractivity contribution < 1.29 is 28.2 Å². The lowest BCUT2D eigenvalue weighted by Gasteiger charge is -2.24. The number of ether oxygens (including phenoxy) is 2. The minimum Gasteiger partial charge on any atom is -0.497 e. The van der Waals surface area contributed by atoms with Crippen molar-refractivity contribution in [2.75, 3.05) is 12.0 Å². The Morgan fingerprint density at radius 3 is 2.14 bits per heavy atom. The molecule has 2 amide bonds. The van der Waals surface area contributed by atoms with Crippen LogP contribution in [-0.4, -0.2) is 29.5 Å². The molecule has 0 N–H and O–H groups in total. The topological polar surface area (TPSA) is 94.9 Å². The van der Waals surface area contributed by atoms with E-state index in [4.69, 9.17) is 9.47 Å². The molecular weight excluding hydrogens is 455 g/mol. The number of carbonyl (C=O) groups is 3. The molecular formula is C26H27FN2O6. The molecule has 35 heavy (non-hydrogen) atoms. The molecule has 0 aliphatic heterocycles. The van der Waals surface area contributed by atoms with Crippen molar-refractivity contribution in [1.29, 1.82) is 0 Å². The van der Waals surface area contributed by atoms with Crippen LogP contribution in [0.25, 0.3) is 10.9 Å². The van der Waals surface area contributed by atoms with Crippen LogP contribution in [0.2, 0.25) is 0 Å². The zero-order valence-electron chi connectivity index (χ0n) is 20.4. The number of aryl methyl sites for hydroxylation is 1. The van der Waals surface area contributed by atoms with E-state index < -0.39 is 46.6 Å². The van der Waals surface area contributed by atoms with Gasteiger partial charge in [0.15, 0.2) is 5.75 Å². The molecule has 8 nitrogen and oxygen atoms in total. The number of halogens is 1. The van der Waals surface area contributed by atoms with Crippen molar-refractivity contribution in [3.63, 3.8) is 0 Å². The van der Waals surface area contributed by atoms with Crippen LogP contribution >= 0.6 is 0 Å². The minimum atomic E-state index is -0.993. The summed E-state index contributed by atoms with van der Waals surface area (Å²) in [5, 5.41) is 0.278. The second-order valence-corrected chi connectivity index (χ2v) is 8.64. The summed E-state index contributed by atoms with van der Waals surface area (Å²) in [6.07, 6.45) is 0. The number of rotatable bonds is 6. The van der Waals surface area contributed by atoms with Crippen LogP contribution in [0.3, 0.4) is 0 Å². The number of carbonyl (C=O) groups excluding carboxylic acids is 3. The molecule has 0 unspecified atom stereocenters. The van der Waals surface area contributed by atoms with E-state index in [1.165, 1.54) is 30.9 Å². The van der Waals surface area contributed by atoms with E-state index in [1.54, 1.807) is 45.9 Å². The molecule has 1 aromatic heterocycles. The third-order valence-corrected chi connectivity index (χ3v) is 5.45. The highest BCUT2D eigenvalue weighted by molar-refractivity contribution is 6.23. The number of hydrogen-bond donors (Lipinski definition) is 0. The number of pyridine rings is 1. The SMILES string of the molecule is COc1ccc2c(c1)c(OC(=O)C(C)C)c(C(=O)N(C(=O)C(C)C)c1ccc(F)cc1)c(=O)n2C. The number of nitrogens with zero attached hydrogens (tertiary/aromatic N) is 2. The number of aromatic nitrogens is 1. The summed E-state index contributed by atoms with van der Waals surface area (Å²) in [5.41, 5.74) is -0.796. The molecule has 0 saturated carbocycles. The van der Waals surface area contributed by atoms with Gasteiger partial charge in [0, 0.05) is 18.4 Å². The number of esters is 1. The van der Waals surface area contributed by atoms with E-state index in [9.17, 15) is 23.6 Å². The maximum atomic E-state index is 13.9. The van der Waals surface area contributed by atoms with Crippen LogP contribution in [-0.2, 0) is 16.6 Å². The predicted molar refractivity (Wildman–Crippen MR) is 129 cm³/mol. The van der Waals surface area contributed by atoms with Gasteiger partial charge in [0.1, 0.15) is 17.1 Å². The monoisotopic (exact) mass is 482 g/mol. The molecule has 0 aliphatic carbocycles. The van der Waals surface area contributed by atoms with Crippen LogP contribution in [0.1, 0.15) is 38.1 Å². The Balaban J connectivity index is 2.38. The Morgan fingerprint density at radius 1 is 0.971 bits per heavy atom. The van der Waals surface area contributed by atoms with Gasteiger partial charge < -0.3 is 14.0 Å². The Hall–Kier alpha value is -4.01. The number of benzene rings is 2. The van der Waals surface area contributed by atoms with Gasteiger partial charge in [0.2, 0.25) is 5.91 Å². The zero-order valence-corrected chi connectivity index (χ0v) is 20.4. The first kappa shape index (κ1) is 25.6. The van der Waals surface area contributed by atoms with Crippen molar-refractivity contribution in [3.05, 3.63) is 64.2 Å². The third kappa shape index (κ3) is 4.94. The predicted octanol–water partition coefficient (Wildman–Crippen LogP) is 4.08. The summed E-state index contributed by atoms with van der Waals surface area (Å²) in [6, 6.07) is 9.52. The summed E-state index contributed by atoms with van der Waals surface area (Å²) in [4.78, 5) is 53.9. The average Bonchev–Trinajstić information content (AvgIpc) is 2.83. The Bertz CT molecular complexity index is 1360. The number of amides is 2. The van der Waals surface area contributed by atoms with E-state index in [0.29, 0.717) is 11.3 Å². The van der Waals surface area contributed by atoms with E-state index in [2.05, 4.69) is 0 Å². The van der Waals surface area contributed by atoms with Gasteiger partial charge in [-0.1, -0.05) is 27.7 Å². The van der Waals surface area contributed by atoms with Crippen LogP contribution in [0.4, 0.5) is 10.1 Å². The Kier molecular flexibility index (Phi) is 7.38. The standard InChI is InChI=1S/C26H27FN2O6/c1-14(2)23(30)29(17-9-7-16(27)8-10-17)25(32)21-22(35-26(33)15(3)4)19-13-18(34-6)11-12-20(19)28(5)24(21)31/h7-15H,1-6H3. The molecule has 0 fully saturated rings. The summed E-state index contributed by atoms with van der Waals surface area (Å²) in [6.45, 7) is 6.41. The van der Waals surface area contributed by atoms with Gasteiger partial charge in [-0.2, -0.15) is 0 Å². The van der Waals surface area contributed by atoms with Gasteiger partial charge in [0.25, 0.3) is 11.5 Å². The lowest BCUT2D eigenvalue weighted by Crippen LogP contribution is -2.43. The van der Waals surface area contributed by atoms with Gasteiger partial charge in [-0.3, -0.25) is 19.2 Å². The van der Waals surface area contributed by atoms with Gasteiger partial charge in [0.05, 0.1) is 24.2 Å². The minimum absolute atomic E-state index is 0.0732. The van der Waals surface area contributed by atoms with E-state index in [0.717, 1.165) is 17.0 Å². The van der Waals surface area contributed by atoms with Gasteiger partial charge in [-0.15, -0.1) is 0 Å². The van der Waals surface area contributed by atoms with Crippen LogP contribution in [0.15, 0.2) is 47.3 Å². The molecule has 0 aliphatic rings. The van der Waals surface area contributed by atoms with Crippen LogP contribution in [0.5, 0.6) is 11.5 Å². The summed E-state index contributed by atoms with van der Waals surface area (Å²) in [5.74, 6) is -3.89. The molecule has 1 heterocycles. The summed E-state index contributed by atoms with van der Waals surface area (Å²) >= 11 is 0. The molecule has 184 valence electrons. The largest absolute Gasteiger partial charge is 0.497 e. The zero-order chi connectivity index (χ0) is 26.0. The highest BCUT2D eigenvalue weighted by atomic mass is 19.1. The third-order valence-electron chi connectivity index (χ3n) is 5.45. The van der Waals surface area contributed by atoms with Crippen molar-refractivity contribution in [2.24, 2.45) is 18.9 Å². The van der Waals surface area contributed by atoms with Crippen molar-refractivity contribution >= 4 is 34.4 Å². The summed E-state index contributed by atoms with van der Waals surface area (Å²) in [7, 11) is 2.92. The van der Waals surface area contributed by atoms with E-state index in [-0.39, 0.29) is 16.8 Å². The normalized spacial score (nSPS) is 11.1. The fourth-order valence-electron chi connectivity index (χ4n) is 3.44. The van der Waals surface area contributed by atoms with Crippen molar-refractivity contribution in [3.8, 4) is 11.5 Å². The maximum absolute atomic E-state index is 13.9. The molecule has 0 atom stereocenters. The molecule has 0 radical (unpaired) electrons. The first-order valence-electron chi connectivity index (χ1n) is 11.0. The summed E-state index contributed by atoms with van der Waals surface area (Å²) < 4.78 is 25.7. The molecule has 9 heteroatoms. The van der Waals surface area contributed by atoms with Gasteiger partial charge in [-0.25, -0.2) is 9.29 Å². The first-order valence-corrected chi connectivity index (χ1v) is 11.0. The highest BCUT2D eigenvalue weighted by Gasteiger charge is 2.33. The van der Waals surface area contributed by atoms with Crippen LogP contribution in [0, 0.1) is 17.7 Å². The molecule has 3 rings (SSSR count). The Labute approximate surface area is 201 Å². The second-order valence-electron chi connectivity index (χ2n) is 8.64. The highest BCUT2D eigenvalue weighted by Crippen LogP contribution is 2.33. The number of anilines is 1. The first-order chi connectivity index (χ1) is 16.5. The smallest absolute Gasteiger partial charge is 0.313 e. The molecule has 0 bridgehead atoms. The quantitative estimate of drug-likeness (QED) is 0.492. The van der Waals surface area contributed by atoms with Gasteiger partial charge >= 0.3 is 5.97 Å². The average molecular weight is 483 g/mol. The molecule has 2 aromatic carbocycles. The lowest BCUT2D eigenvalue weighted by molar-refractivity contribution is -0.137. The second kappa shape index (κ2) is 10.1. The number of imide groups is 1. The van der Waals surface area contributed by atoms with Gasteiger partial charge in [-0.05, 0) is 42.5 Å². The fraction of sp³-hybridized carbons (Fsp3) is 0.308. The fourth-order valence-corrected chi connectivity index (χ4v) is 3.44. The molecule has 3 aromatic rings. The van der Waals surface area contributed by atoms with Crippen molar-refractivity contribution in [2.45, 2.75) is 27.7 Å². The van der Waals surface area contributed by atoms with Crippen molar-refractivity contribution in [1.82, 2.24) is 4.57 Å². The van der Waals surface area contributed by atoms with E-state index in [1.807, 2.05) is 0 Å². The molecule has 0 saturated heterocycles. The number of methoxy groups -OCH3 is 1. The maximum Gasteiger partial charge on any atom is 0.313 e. The van der Waals surface area contributed by atoms with E-state index >= 15 is 0 Å². The molecule has 0 spiro atoms. The number of fused-ring (bicyclic) bond motifs is 1. The Morgan fingerprint density at radius 2 is 1.60 bits per heavy atom. The van der Waals surface area contributed by atoms with Crippen LogP contribution < -0.4 is 19.9 Å². The lowest BCUT2D eigenvalue weighted by atomic mass is 10.1.